The Morgan fingerprint density at radius 1 is 1.29 bits per heavy atom. The molecule has 3 aromatic rings. The van der Waals surface area contributed by atoms with Crippen LogP contribution in [-0.2, 0) is 6.42 Å². The summed E-state index contributed by atoms with van der Waals surface area (Å²) in [5, 5.41) is 0.571. The van der Waals surface area contributed by atoms with Crippen molar-refractivity contribution in [2.45, 2.75) is 6.42 Å². The second kappa shape index (κ2) is 6.84. The highest BCUT2D eigenvalue weighted by atomic mass is 16.5. The van der Waals surface area contributed by atoms with E-state index >= 15 is 0 Å². The van der Waals surface area contributed by atoms with Gasteiger partial charge >= 0.3 is 0 Å². The number of rotatable bonds is 5. The van der Waals surface area contributed by atoms with Crippen LogP contribution in [0.25, 0.3) is 22.3 Å². The molecule has 3 rings (SSSR count). The van der Waals surface area contributed by atoms with Crippen molar-refractivity contribution in [1.82, 2.24) is 9.97 Å². The fraction of sp³-hybridized carbons (Fsp3) is 0.100. The number of nitrogens with zero attached hydrogens (tertiary/aromatic N) is 1. The van der Waals surface area contributed by atoms with Crippen LogP contribution < -0.4 is 10.3 Å². The molecule has 0 aliphatic heterocycles. The normalized spacial score (nSPS) is 10.3. The molecule has 0 saturated heterocycles. The first kappa shape index (κ1) is 15.6. The highest BCUT2D eigenvalue weighted by molar-refractivity contribution is 5.79. The fourth-order valence-electron chi connectivity index (χ4n) is 2.53. The Kier molecular flexibility index (Phi) is 4.44. The zero-order chi connectivity index (χ0) is 16.9. The van der Waals surface area contributed by atoms with E-state index in [4.69, 9.17) is 11.2 Å². The Balaban J connectivity index is 2.09. The molecule has 0 fully saturated rings. The second-order valence-electron chi connectivity index (χ2n) is 5.24. The van der Waals surface area contributed by atoms with Gasteiger partial charge < -0.3 is 9.72 Å². The summed E-state index contributed by atoms with van der Waals surface area (Å²) in [5.41, 5.74) is 2.25. The topological polar surface area (TPSA) is 55.0 Å². The highest BCUT2D eigenvalue weighted by Gasteiger charge is 2.09. The monoisotopic (exact) mass is 316 g/mol. The lowest BCUT2D eigenvalue weighted by Crippen LogP contribution is -2.09. The van der Waals surface area contributed by atoms with Gasteiger partial charge in [-0.15, -0.1) is 13.0 Å². The average molecular weight is 316 g/mol. The lowest BCUT2D eigenvalue weighted by atomic mass is 10.1. The van der Waals surface area contributed by atoms with Crippen LogP contribution in [0.1, 0.15) is 5.56 Å². The number of allylic oxidation sites excluding steroid dienone is 1. The van der Waals surface area contributed by atoms with Gasteiger partial charge in [0, 0.05) is 5.56 Å². The van der Waals surface area contributed by atoms with E-state index < -0.39 is 0 Å². The van der Waals surface area contributed by atoms with E-state index in [-0.39, 0.29) is 12.2 Å². The Labute approximate surface area is 139 Å². The summed E-state index contributed by atoms with van der Waals surface area (Å²) >= 11 is 0. The Hall–Kier alpha value is -3.32. The molecule has 0 saturated carbocycles. The summed E-state index contributed by atoms with van der Waals surface area (Å²) in [6.07, 6.45) is 7.67. The molecule has 0 aliphatic rings. The third-order valence-corrected chi connectivity index (χ3v) is 3.62. The minimum Gasteiger partial charge on any atom is -0.481 e. The zero-order valence-electron chi connectivity index (χ0n) is 13.1. The first-order valence-electron chi connectivity index (χ1n) is 7.52. The van der Waals surface area contributed by atoms with E-state index in [0.717, 1.165) is 11.1 Å². The number of aromatic amines is 1. The predicted molar refractivity (Wildman–Crippen MR) is 96.0 cm³/mol. The van der Waals surface area contributed by atoms with E-state index in [1.54, 1.807) is 12.1 Å². The van der Waals surface area contributed by atoms with Crippen LogP contribution in [0.4, 0.5) is 0 Å². The number of terminal acetylenes is 1. The number of hydrogen-bond acceptors (Lipinski definition) is 3. The second-order valence-corrected chi connectivity index (χ2v) is 5.24. The molecule has 4 heteroatoms. The molecule has 0 spiro atoms. The van der Waals surface area contributed by atoms with Crippen molar-refractivity contribution in [2.75, 3.05) is 6.61 Å². The quantitative estimate of drug-likeness (QED) is 0.580. The molecular formula is C20H16N2O2. The standard InChI is InChI=1S/C20H16N2O2/c1-3-7-14-13-15(10-11-18(14)24-12-4-2)19-21-17-9-6-5-8-16(17)20(23)22-19/h2-3,5-6,8-11,13H,1,7,12H2,(H,21,22,23). The van der Waals surface area contributed by atoms with Crippen LogP contribution in [0.2, 0.25) is 0 Å². The largest absolute Gasteiger partial charge is 0.481 e. The van der Waals surface area contributed by atoms with E-state index in [2.05, 4.69) is 22.5 Å². The number of nitrogens with one attached hydrogen (secondary N) is 1. The minimum atomic E-state index is -0.159. The first-order valence-corrected chi connectivity index (χ1v) is 7.52. The minimum absolute atomic E-state index is 0.159. The Bertz CT molecular complexity index is 996. The van der Waals surface area contributed by atoms with Gasteiger partial charge in [0.2, 0.25) is 0 Å². The zero-order valence-corrected chi connectivity index (χ0v) is 13.1. The van der Waals surface area contributed by atoms with Crippen molar-refractivity contribution in [3.63, 3.8) is 0 Å². The smallest absolute Gasteiger partial charge is 0.259 e. The fourth-order valence-corrected chi connectivity index (χ4v) is 2.53. The van der Waals surface area contributed by atoms with E-state index in [9.17, 15) is 4.79 Å². The average Bonchev–Trinajstić information content (AvgIpc) is 2.61. The molecule has 1 heterocycles. The Morgan fingerprint density at radius 2 is 2.12 bits per heavy atom. The maximum Gasteiger partial charge on any atom is 0.259 e. The molecule has 0 amide bonds. The number of fused-ring (bicyclic) bond motifs is 1. The van der Waals surface area contributed by atoms with Crippen molar-refractivity contribution in [3.8, 4) is 29.5 Å². The van der Waals surface area contributed by atoms with E-state index in [1.165, 1.54) is 0 Å². The van der Waals surface area contributed by atoms with Gasteiger partial charge in [-0.1, -0.05) is 24.1 Å². The molecule has 0 aliphatic carbocycles. The summed E-state index contributed by atoms with van der Waals surface area (Å²) in [7, 11) is 0. The summed E-state index contributed by atoms with van der Waals surface area (Å²) in [6, 6.07) is 12.9. The summed E-state index contributed by atoms with van der Waals surface area (Å²) in [5.74, 6) is 3.68. The van der Waals surface area contributed by atoms with Gasteiger partial charge in [0.15, 0.2) is 0 Å². The van der Waals surface area contributed by atoms with Crippen LogP contribution in [0, 0.1) is 12.3 Å². The summed E-state index contributed by atoms with van der Waals surface area (Å²) in [6.45, 7) is 3.97. The molecule has 118 valence electrons. The van der Waals surface area contributed by atoms with Gasteiger partial charge in [0.05, 0.1) is 10.9 Å². The van der Waals surface area contributed by atoms with E-state index in [0.29, 0.717) is 28.9 Å². The molecule has 1 aromatic heterocycles. The summed E-state index contributed by atoms with van der Waals surface area (Å²) < 4.78 is 5.55. The Morgan fingerprint density at radius 3 is 2.92 bits per heavy atom. The van der Waals surface area contributed by atoms with Gasteiger partial charge in [-0.2, -0.15) is 0 Å². The predicted octanol–water partition coefficient (Wildman–Crippen LogP) is 3.33. The highest BCUT2D eigenvalue weighted by Crippen LogP contribution is 2.26. The van der Waals surface area contributed by atoms with Crippen molar-refractivity contribution >= 4 is 10.9 Å². The van der Waals surface area contributed by atoms with Crippen molar-refractivity contribution in [1.29, 1.82) is 0 Å². The molecule has 4 nitrogen and oxygen atoms in total. The molecule has 0 unspecified atom stereocenters. The van der Waals surface area contributed by atoms with Crippen LogP contribution in [-0.4, -0.2) is 16.6 Å². The van der Waals surface area contributed by atoms with Gasteiger partial charge in [0.1, 0.15) is 18.2 Å². The first-order chi connectivity index (χ1) is 11.7. The van der Waals surface area contributed by atoms with Crippen LogP contribution >= 0.6 is 0 Å². The number of benzene rings is 2. The number of para-hydroxylation sites is 1. The third-order valence-electron chi connectivity index (χ3n) is 3.62. The molecule has 1 N–H and O–H groups in total. The number of H-pyrrole nitrogens is 1. The van der Waals surface area contributed by atoms with Crippen molar-refractivity contribution in [3.05, 3.63) is 71.0 Å². The van der Waals surface area contributed by atoms with Crippen LogP contribution in [0.15, 0.2) is 59.9 Å². The van der Waals surface area contributed by atoms with Gasteiger partial charge in [-0.3, -0.25) is 4.79 Å². The van der Waals surface area contributed by atoms with Crippen LogP contribution in [0.3, 0.4) is 0 Å². The third kappa shape index (κ3) is 3.06. The SMILES string of the molecule is C#CCOc1ccc(-c2nc3ccccc3c(=O)[nH]2)cc1CC=C. The number of aromatic nitrogens is 2. The summed E-state index contributed by atoms with van der Waals surface area (Å²) in [4.78, 5) is 19.6. The van der Waals surface area contributed by atoms with Gasteiger partial charge in [-0.05, 0) is 42.3 Å². The lowest BCUT2D eigenvalue weighted by Gasteiger charge is -2.11. The molecule has 24 heavy (non-hydrogen) atoms. The van der Waals surface area contributed by atoms with Crippen molar-refractivity contribution in [2.24, 2.45) is 0 Å². The maximum atomic E-state index is 12.2. The number of hydrogen-bond donors (Lipinski definition) is 1. The van der Waals surface area contributed by atoms with E-state index in [1.807, 2.05) is 36.4 Å². The molecular weight excluding hydrogens is 300 g/mol. The number of ether oxygens (including phenoxy) is 1. The maximum absolute atomic E-state index is 12.2. The van der Waals surface area contributed by atoms with Crippen LogP contribution in [0.5, 0.6) is 5.75 Å². The lowest BCUT2D eigenvalue weighted by molar-refractivity contribution is 0.367. The molecule has 0 radical (unpaired) electrons. The van der Waals surface area contributed by atoms with Gasteiger partial charge in [0.25, 0.3) is 5.56 Å². The molecule has 0 atom stereocenters. The van der Waals surface area contributed by atoms with Gasteiger partial charge in [-0.25, -0.2) is 4.98 Å². The van der Waals surface area contributed by atoms with Crippen molar-refractivity contribution < 1.29 is 4.74 Å². The molecule has 0 bridgehead atoms. The molecule has 2 aromatic carbocycles.